The molecule has 0 amide bonds. The summed E-state index contributed by atoms with van der Waals surface area (Å²) in [5, 5.41) is 15.9. The molecule has 0 aliphatic rings. The smallest absolute Gasteiger partial charge is 0.227 e. The Labute approximate surface area is 200 Å². The molecule has 0 radical (unpaired) electrons. The van der Waals surface area contributed by atoms with E-state index in [1.165, 1.54) is 0 Å². The molecule has 0 aliphatic heterocycles. The Kier molecular flexibility index (Phi) is 8.93. The maximum atomic E-state index is 10.5. The van der Waals surface area contributed by atoms with Gasteiger partial charge < -0.3 is 14.6 Å². The minimum atomic E-state index is -0.661. The zero-order chi connectivity index (χ0) is 23.8. The second-order valence-corrected chi connectivity index (χ2v) is 8.51. The number of nitrogens with zero attached hydrogens (tertiary/aromatic N) is 3. The van der Waals surface area contributed by atoms with Crippen molar-refractivity contribution < 1.29 is 14.6 Å². The molecule has 0 aliphatic carbocycles. The third kappa shape index (κ3) is 6.83. The molecule has 0 spiro atoms. The van der Waals surface area contributed by atoms with Gasteiger partial charge in [-0.1, -0.05) is 35.7 Å². The number of para-hydroxylation sites is 1. The summed E-state index contributed by atoms with van der Waals surface area (Å²) >= 11 is 6.05. The van der Waals surface area contributed by atoms with Crippen LogP contribution in [0.4, 0.5) is 0 Å². The van der Waals surface area contributed by atoms with Crippen molar-refractivity contribution in [2.24, 2.45) is 0 Å². The van der Waals surface area contributed by atoms with E-state index in [1.54, 1.807) is 12.1 Å². The largest absolute Gasteiger partial charge is 0.439 e. The predicted molar refractivity (Wildman–Crippen MR) is 131 cm³/mol. The Bertz CT molecular complexity index is 1060. The van der Waals surface area contributed by atoms with Crippen LogP contribution < -0.4 is 4.74 Å². The molecule has 0 fully saturated rings. The number of hydrogen-bond donors (Lipinski definition) is 1. The minimum Gasteiger partial charge on any atom is -0.439 e. The summed E-state index contributed by atoms with van der Waals surface area (Å²) < 4.78 is 13.5. The molecular formula is C26H30ClN3O3. The van der Waals surface area contributed by atoms with Gasteiger partial charge >= 0.3 is 0 Å². The van der Waals surface area contributed by atoms with Crippen molar-refractivity contribution in [1.29, 1.82) is 0 Å². The maximum absolute atomic E-state index is 10.5. The second-order valence-electron chi connectivity index (χ2n) is 8.07. The number of benzene rings is 2. The van der Waals surface area contributed by atoms with Crippen LogP contribution in [0.5, 0.6) is 11.6 Å². The predicted octanol–water partition coefficient (Wildman–Crippen LogP) is 4.85. The average molecular weight is 468 g/mol. The van der Waals surface area contributed by atoms with Gasteiger partial charge in [0.2, 0.25) is 5.88 Å². The van der Waals surface area contributed by atoms with E-state index in [-0.39, 0.29) is 19.3 Å². The van der Waals surface area contributed by atoms with Crippen LogP contribution in [-0.2, 0) is 11.3 Å². The quantitative estimate of drug-likeness (QED) is 0.323. The fraction of sp³-hybridized carbons (Fsp3) is 0.346. The summed E-state index contributed by atoms with van der Waals surface area (Å²) in [6, 6.07) is 17.3. The van der Waals surface area contributed by atoms with E-state index in [4.69, 9.17) is 32.6 Å². The van der Waals surface area contributed by atoms with Crippen molar-refractivity contribution in [2.45, 2.75) is 39.5 Å². The Hall–Kier alpha value is -2.82. The molecule has 7 heteroatoms. The normalized spacial score (nSPS) is 12.2. The van der Waals surface area contributed by atoms with Gasteiger partial charge in [0.05, 0.1) is 29.7 Å². The van der Waals surface area contributed by atoms with Gasteiger partial charge in [-0.05, 0) is 57.2 Å². The monoisotopic (exact) mass is 467 g/mol. The Morgan fingerprint density at radius 1 is 1.15 bits per heavy atom. The highest BCUT2D eigenvalue weighted by atomic mass is 35.5. The molecule has 0 saturated heterocycles. The topological polar surface area (TPSA) is 59.8 Å². The average Bonchev–Trinajstić information content (AvgIpc) is 3.10. The molecule has 1 N–H and O–H groups in total. The first-order valence-electron chi connectivity index (χ1n) is 10.9. The van der Waals surface area contributed by atoms with Crippen LogP contribution >= 0.6 is 11.6 Å². The summed E-state index contributed by atoms with van der Waals surface area (Å²) in [5.41, 5.74) is 2.69. The molecule has 1 heterocycles. The summed E-state index contributed by atoms with van der Waals surface area (Å²) in [5.74, 6) is 3.71. The summed E-state index contributed by atoms with van der Waals surface area (Å²) in [6.07, 6.45) is 4.56. The van der Waals surface area contributed by atoms with E-state index >= 15 is 0 Å². The fourth-order valence-corrected chi connectivity index (χ4v) is 3.55. The summed E-state index contributed by atoms with van der Waals surface area (Å²) in [6.45, 7) is 7.49. The first kappa shape index (κ1) is 24.8. The van der Waals surface area contributed by atoms with Crippen LogP contribution in [0, 0.1) is 19.3 Å². The molecule has 0 bridgehead atoms. The first-order chi connectivity index (χ1) is 15.9. The molecule has 1 aromatic heterocycles. The molecule has 33 heavy (non-hydrogen) atoms. The van der Waals surface area contributed by atoms with Crippen LogP contribution in [0.15, 0.2) is 54.6 Å². The van der Waals surface area contributed by atoms with Gasteiger partial charge in [0.1, 0.15) is 12.4 Å². The minimum absolute atomic E-state index is 0.176. The summed E-state index contributed by atoms with van der Waals surface area (Å²) in [4.78, 5) is 2.16. The highest BCUT2D eigenvalue weighted by Gasteiger charge is 2.24. The van der Waals surface area contributed by atoms with Crippen molar-refractivity contribution in [3.63, 3.8) is 0 Å². The molecule has 1 atom stereocenters. The zero-order valence-corrected chi connectivity index (χ0v) is 20.0. The van der Waals surface area contributed by atoms with Crippen LogP contribution in [0.25, 0.3) is 5.69 Å². The van der Waals surface area contributed by atoms with Crippen LogP contribution in [0.1, 0.15) is 25.1 Å². The molecule has 0 unspecified atom stereocenters. The van der Waals surface area contributed by atoms with E-state index in [1.807, 2.05) is 54.1 Å². The molecular weight excluding hydrogens is 438 g/mol. The van der Waals surface area contributed by atoms with E-state index in [0.717, 1.165) is 16.9 Å². The van der Waals surface area contributed by atoms with Crippen molar-refractivity contribution >= 4 is 11.6 Å². The number of aromatic nitrogens is 2. The van der Waals surface area contributed by atoms with Crippen LogP contribution in [0.3, 0.4) is 0 Å². The molecule has 0 saturated carbocycles. The van der Waals surface area contributed by atoms with Crippen molar-refractivity contribution in [3.05, 3.63) is 70.9 Å². The molecule has 3 rings (SSSR count). The lowest BCUT2D eigenvalue weighted by molar-refractivity contribution is 0.0190. The first-order valence-corrected chi connectivity index (χ1v) is 11.3. The van der Waals surface area contributed by atoms with Gasteiger partial charge in [-0.25, -0.2) is 4.68 Å². The van der Waals surface area contributed by atoms with Crippen LogP contribution in [0.2, 0.25) is 5.02 Å². The van der Waals surface area contributed by atoms with Crippen molar-refractivity contribution in [2.75, 3.05) is 19.8 Å². The third-order valence-corrected chi connectivity index (χ3v) is 5.45. The standard InChI is InChI=1S/C26H30ClN3O3/c1-5-15-32-18-23(31)16-29(19(2)3)17-25-20(4)28-30(22-9-7-6-8-10-22)26(25)33-24-13-11-21(27)12-14-24/h1,6-14,19,23,31H,15-18H2,2-4H3/t23-/m1/s1. The highest BCUT2D eigenvalue weighted by molar-refractivity contribution is 6.30. The number of hydrogen-bond acceptors (Lipinski definition) is 5. The number of ether oxygens (including phenoxy) is 2. The maximum Gasteiger partial charge on any atom is 0.227 e. The zero-order valence-electron chi connectivity index (χ0n) is 19.2. The number of halogens is 1. The number of aliphatic hydroxyl groups excluding tert-OH is 1. The van der Waals surface area contributed by atoms with E-state index < -0.39 is 6.10 Å². The lowest BCUT2D eigenvalue weighted by Gasteiger charge is -2.28. The van der Waals surface area contributed by atoms with Gasteiger partial charge in [0.15, 0.2) is 0 Å². The number of aliphatic hydroxyl groups is 1. The Morgan fingerprint density at radius 2 is 1.85 bits per heavy atom. The Morgan fingerprint density at radius 3 is 2.48 bits per heavy atom. The van der Waals surface area contributed by atoms with Crippen LogP contribution in [-0.4, -0.2) is 51.7 Å². The van der Waals surface area contributed by atoms with E-state index in [0.29, 0.717) is 29.7 Å². The third-order valence-electron chi connectivity index (χ3n) is 5.20. The lowest BCUT2D eigenvalue weighted by atomic mass is 10.2. The molecule has 6 nitrogen and oxygen atoms in total. The number of terminal acetylenes is 1. The van der Waals surface area contributed by atoms with Gasteiger partial charge in [-0.15, -0.1) is 6.42 Å². The van der Waals surface area contributed by atoms with Gasteiger partial charge in [-0.2, -0.15) is 5.10 Å². The van der Waals surface area contributed by atoms with Crippen molar-refractivity contribution in [3.8, 4) is 29.7 Å². The SMILES string of the molecule is C#CCOC[C@H](O)CN(Cc1c(C)nn(-c2ccccc2)c1Oc1ccc(Cl)cc1)C(C)C. The number of rotatable bonds is 11. The van der Waals surface area contributed by atoms with E-state index in [9.17, 15) is 5.11 Å². The lowest BCUT2D eigenvalue weighted by Crippen LogP contribution is -2.39. The van der Waals surface area contributed by atoms with Gasteiger partial charge in [0, 0.05) is 24.2 Å². The summed E-state index contributed by atoms with van der Waals surface area (Å²) in [7, 11) is 0. The van der Waals surface area contributed by atoms with E-state index in [2.05, 4.69) is 24.7 Å². The fourth-order valence-electron chi connectivity index (χ4n) is 3.42. The van der Waals surface area contributed by atoms with Crippen molar-refractivity contribution in [1.82, 2.24) is 14.7 Å². The van der Waals surface area contributed by atoms with Gasteiger partial charge in [0.25, 0.3) is 0 Å². The second kappa shape index (κ2) is 11.9. The number of aryl methyl sites for hydroxylation is 1. The van der Waals surface area contributed by atoms with Gasteiger partial charge in [-0.3, -0.25) is 4.90 Å². The molecule has 3 aromatic rings. The highest BCUT2D eigenvalue weighted by Crippen LogP contribution is 2.32. The molecule has 174 valence electrons. The molecule has 2 aromatic carbocycles. The Balaban J connectivity index is 1.93.